The summed E-state index contributed by atoms with van der Waals surface area (Å²) in [4.78, 5) is 0. The van der Waals surface area contributed by atoms with Crippen molar-refractivity contribution < 1.29 is 0 Å². The molecular weight excluding hydrogens is 236 g/mol. The van der Waals surface area contributed by atoms with E-state index in [0.717, 1.165) is 11.1 Å². The third kappa shape index (κ3) is 1.83. The fourth-order valence-electron chi connectivity index (χ4n) is 1.66. The highest BCUT2D eigenvalue weighted by atomic mass is 35.5. The molecule has 1 aromatic carbocycles. The van der Waals surface area contributed by atoms with Crippen LogP contribution in [-0.2, 0) is 0 Å². The van der Waals surface area contributed by atoms with Crippen LogP contribution in [0, 0.1) is 0 Å². The van der Waals surface area contributed by atoms with E-state index in [4.69, 9.17) is 11.6 Å². The number of halogens is 1. The van der Waals surface area contributed by atoms with Gasteiger partial charge in [0.05, 0.1) is 23.6 Å². The lowest BCUT2D eigenvalue weighted by Crippen LogP contribution is -2.12. The van der Waals surface area contributed by atoms with Gasteiger partial charge < -0.3 is 0 Å². The van der Waals surface area contributed by atoms with E-state index in [2.05, 4.69) is 15.6 Å². The van der Waals surface area contributed by atoms with Gasteiger partial charge in [0.1, 0.15) is 0 Å². The first kappa shape index (κ1) is 10.1. The summed E-state index contributed by atoms with van der Waals surface area (Å²) in [5, 5.41) is 8.77. The maximum absolute atomic E-state index is 5.84. The number of aromatic nitrogens is 2. The Bertz CT molecular complexity index is 598. The molecule has 0 atom stereocenters. The molecule has 0 amide bonds. The summed E-state index contributed by atoms with van der Waals surface area (Å²) in [6, 6.07) is 9.93. The Morgan fingerprint density at radius 2 is 1.94 bits per heavy atom. The second kappa shape index (κ2) is 4.07. The summed E-state index contributed by atoms with van der Waals surface area (Å²) in [6.45, 7) is 0. The Hall–Kier alpha value is -2.07. The zero-order valence-electron chi connectivity index (χ0n) is 8.79. The number of allylic oxidation sites excluding steroid dienone is 1. The van der Waals surface area contributed by atoms with Gasteiger partial charge >= 0.3 is 0 Å². The highest BCUT2D eigenvalue weighted by Gasteiger charge is 2.17. The van der Waals surface area contributed by atoms with Crippen molar-refractivity contribution in [3.8, 4) is 0 Å². The zero-order chi connectivity index (χ0) is 11.7. The molecule has 0 bridgehead atoms. The van der Waals surface area contributed by atoms with E-state index < -0.39 is 0 Å². The first-order valence-electron chi connectivity index (χ1n) is 5.09. The lowest BCUT2D eigenvalue weighted by atomic mass is 10.1. The summed E-state index contributed by atoms with van der Waals surface area (Å²) < 4.78 is 1.62. The predicted octanol–water partition coefficient (Wildman–Crippen LogP) is 2.36. The summed E-state index contributed by atoms with van der Waals surface area (Å²) in [6.07, 6.45) is 5.00. The standard InChI is InChI=1S/C12H8ClN4/c13-10-6-15-17(8-10)12-11(7-14-16-12)9-4-2-1-3-5-9/h1-8H. The van der Waals surface area contributed by atoms with Crippen molar-refractivity contribution in [2.24, 2.45) is 5.10 Å². The monoisotopic (exact) mass is 243 g/mol. The second-order valence-corrected chi connectivity index (χ2v) is 3.99. The summed E-state index contributed by atoms with van der Waals surface area (Å²) in [5.41, 5.74) is 5.92. The van der Waals surface area contributed by atoms with E-state index in [9.17, 15) is 0 Å². The van der Waals surface area contributed by atoms with Crippen LogP contribution in [0.2, 0.25) is 5.02 Å². The van der Waals surface area contributed by atoms with Gasteiger partial charge in [-0.3, -0.25) is 0 Å². The van der Waals surface area contributed by atoms with Crippen molar-refractivity contribution in [3.05, 3.63) is 59.5 Å². The van der Waals surface area contributed by atoms with Crippen LogP contribution in [-0.4, -0.2) is 15.6 Å². The van der Waals surface area contributed by atoms with Crippen molar-refractivity contribution >= 4 is 23.0 Å². The quantitative estimate of drug-likeness (QED) is 0.758. The molecule has 2 heterocycles. The van der Waals surface area contributed by atoms with Crippen LogP contribution in [0.3, 0.4) is 0 Å². The molecule has 0 unspecified atom stereocenters. The number of benzene rings is 1. The minimum Gasteiger partial charge on any atom is -0.219 e. The molecule has 0 saturated heterocycles. The van der Waals surface area contributed by atoms with Crippen LogP contribution >= 0.6 is 11.6 Å². The molecule has 0 N–H and O–H groups in total. The molecule has 0 saturated carbocycles. The molecule has 1 aromatic heterocycles. The number of nitrogens with zero attached hydrogens (tertiary/aromatic N) is 4. The minimum atomic E-state index is 0.576. The lowest BCUT2D eigenvalue weighted by Gasteiger charge is -2.05. The normalized spacial score (nSPS) is 14.2. The van der Waals surface area contributed by atoms with Crippen LogP contribution in [0.15, 0.2) is 54.0 Å². The molecule has 83 valence electrons. The maximum Gasteiger partial charge on any atom is 0.185 e. The molecule has 0 fully saturated rings. The van der Waals surface area contributed by atoms with Crippen molar-refractivity contribution in [2.75, 3.05) is 0 Å². The van der Waals surface area contributed by atoms with Gasteiger partial charge in [0.15, 0.2) is 5.84 Å². The third-order valence-corrected chi connectivity index (χ3v) is 2.63. The van der Waals surface area contributed by atoms with Crippen LogP contribution in [0.25, 0.3) is 5.57 Å². The van der Waals surface area contributed by atoms with Gasteiger partial charge in [-0.1, -0.05) is 41.9 Å². The van der Waals surface area contributed by atoms with Crippen LogP contribution < -0.4 is 5.43 Å². The fraction of sp³-hybridized carbons (Fsp3) is 0. The van der Waals surface area contributed by atoms with Gasteiger partial charge in [0.25, 0.3) is 0 Å². The first-order chi connectivity index (χ1) is 8.34. The Morgan fingerprint density at radius 3 is 2.65 bits per heavy atom. The minimum absolute atomic E-state index is 0.576. The predicted molar refractivity (Wildman–Crippen MR) is 66.6 cm³/mol. The molecule has 1 aliphatic rings. The maximum atomic E-state index is 5.84. The average molecular weight is 244 g/mol. The highest BCUT2D eigenvalue weighted by molar-refractivity contribution is 6.31. The van der Waals surface area contributed by atoms with Gasteiger partial charge in [-0.2, -0.15) is 10.5 Å². The van der Waals surface area contributed by atoms with Crippen molar-refractivity contribution in [2.45, 2.75) is 0 Å². The molecule has 1 aliphatic heterocycles. The Balaban J connectivity index is 2.00. The van der Waals surface area contributed by atoms with Gasteiger partial charge in [-0.25, -0.2) is 4.68 Å². The van der Waals surface area contributed by atoms with E-state index in [1.165, 1.54) is 0 Å². The summed E-state index contributed by atoms with van der Waals surface area (Å²) >= 11 is 5.84. The van der Waals surface area contributed by atoms with E-state index in [0.29, 0.717) is 10.9 Å². The van der Waals surface area contributed by atoms with Gasteiger partial charge in [-0.05, 0) is 5.56 Å². The fourth-order valence-corrected chi connectivity index (χ4v) is 1.80. The van der Waals surface area contributed by atoms with Crippen LogP contribution in [0.5, 0.6) is 0 Å². The first-order valence-corrected chi connectivity index (χ1v) is 5.47. The van der Waals surface area contributed by atoms with E-state index >= 15 is 0 Å². The van der Waals surface area contributed by atoms with E-state index in [1.54, 1.807) is 23.3 Å². The zero-order valence-corrected chi connectivity index (χ0v) is 9.54. The molecule has 0 aliphatic carbocycles. The van der Waals surface area contributed by atoms with Crippen molar-refractivity contribution in [1.29, 1.82) is 0 Å². The van der Waals surface area contributed by atoms with Crippen molar-refractivity contribution in [3.63, 3.8) is 0 Å². The molecule has 5 heteroatoms. The number of hydrogen-bond donors (Lipinski definition) is 0. The Labute approximate surface area is 103 Å². The number of rotatable bonds is 1. The Kier molecular flexibility index (Phi) is 2.42. The van der Waals surface area contributed by atoms with E-state index in [-0.39, 0.29) is 0 Å². The SMILES string of the molecule is Clc1cnn(C2=N[N]C=C2c2ccccc2)c1. The third-order valence-electron chi connectivity index (χ3n) is 2.43. The van der Waals surface area contributed by atoms with Gasteiger partial charge in [0, 0.05) is 5.57 Å². The highest BCUT2D eigenvalue weighted by Crippen LogP contribution is 2.20. The molecule has 3 rings (SSSR count). The van der Waals surface area contributed by atoms with Gasteiger partial charge in [-0.15, -0.1) is 5.10 Å². The van der Waals surface area contributed by atoms with Crippen molar-refractivity contribution in [1.82, 2.24) is 15.2 Å². The molecular formula is C12H8ClN4. The molecule has 2 aromatic rings. The largest absolute Gasteiger partial charge is 0.219 e. The van der Waals surface area contributed by atoms with Gasteiger partial charge in [0.2, 0.25) is 0 Å². The lowest BCUT2D eigenvalue weighted by molar-refractivity contribution is 0.901. The summed E-state index contributed by atoms with van der Waals surface area (Å²) in [7, 11) is 0. The van der Waals surface area contributed by atoms with Crippen LogP contribution in [0.1, 0.15) is 5.56 Å². The summed E-state index contributed by atoms with van der Waals surface area (Å²) in [5.74, 6) is 0.683. The molecule has 4 nitrogen and oxygen atoms in total. The topological polar surface area (TPSA) is 44.3 Å². The molecule has 0 spiro atoms. The van der Waals surface area contributed by atoms with Crippen LogP contribution in [0.4, 0.5) is 0 Å². The second-order valence-electron chi connectivity index (χ2n) is 3.55. The van der Waals surface area contributed by atoms with E-state index in [1.807, 2.05) is 30.3 Å². The smallest absolute Gasteiger partial charge is 0.185 e. The Morgan fingerprint density at radius 1 is 1.12 bits per heavy atom. The molecule has 17 heavy (non-hydrogen) atoms. The number of hydrogen-bond acceptors (Lipinski definition) is 2. The molecule has 1 radical (unpaired) electrons. The average Bonchev–Trinajstić information content (AvgIpc) is 2.98.